The second kappa shape index (κ2) is 9.15. The van der Waals surface area contributed by atoms with Crippen LogP contribution in [0.5, 0.6) is 0 Å². The van der Waals surface area contributed by atoms with Crippen LogP contribution in [0.2, 0.25) is 0 Å². The van der Waals surface area contributed by atoms with Gasteiger partial charge in [0.15, 0.2) is 12.4 Å². The minimum Gasteiger partial charge on any atom is -0.456 e. The number of hydrogen-bond acceptors (Lipinski definition) is 6. The summed E-state index contributed by atoms with van der Waals surface area (Å²) in [5, 5.41) is 2.44. The molecule has 1 aliphatic rings. The van der Waals surface area contributed by atoms with E-state index in [0.717, 1.165) is 15.9 Å². The highest BCUT2D eigenvalue weighted by molar-refractivity contribution is 8.22. The molecule has 2 rings (SSSR count). The highest BCUT2D eigenvalue weighted by Crippen LogP contribution is 2.39. The van der Waals surface area contributed by atoms with Crippen LogP contribution in [0.1, 0.15) is 31.1 Å². The number of halogens is 2. The van der Waals surface area contributed by atoms with Crippen LogP contribution < -0.4 is 5.32 Å². The molecular weight excluding hydrogens is 427 g/mol. The number of nitrogens with zero attached hydrogens (tertiary/aromatic N) is 1. The molecule has 0 spiro atoms. The third-order valence-corrected chi connectivity index (χ3v) is 6.50. The molecule has 1 heterocycles. The molecule has 1 N–H and O–H groups in total. The molecule has 0 saturated carbocycles. The minimum absolute atomic E-state index is 0.377. The largest absolute Gasteiger partial charge is 0.456 e. The standard InChI is InChI=1S/C18H20Cl2N2O5S/c1-10(23)21-13-15(19)22(16(13)25)14(18(2,3)28-20)17(26)27-9-12(24)11-7-5-4-6-8-11/h4-8,13-15H,9H2,1-3H3,(H,21,23). The smallest absolute Gasteiger partial charge is 0.330 e. The highest BCUT2D eigenvalue weighted by atomic mass is 35.7. The Labute approximate surface area is 176 Å². The second-order valence-corrected chi connectivity index (χ2v) is 8.89. The van der Waals surface area contributed by atoms with Gasteiger partial charge in [0.25, 0.3) is 5.91 Å². The van der Waals surface area contributed by atoms with Gasteiger partial charge in [-0.25, -0.2) is 4.79 Å². The number of β-lactam (4-membered cyclic amide) rings is 1. The number of ketones is 1. The maximum Gasteiger partial charge on any atom is 0.330 e. The molecule has 0 aromatic heterocycles. The Hall–Kier alpha value is -1.77. The Bertz CT molecular complexity index is 774. The Morgan fingerprint density at radius 1 is 1.29 bits per heavy atom. The van der Waals surface area contributed by atoms with E-state index in [4.69, 9.17) is 27.0 Å². The van der Waals surface area contributed by atoms with Crippen molar-refractivity contribution >= 4 is 56.8 Å². The second-order valence-electron chi connectivity index (χ2n) is 6.78. The first-order valence-corrected chi connectivity index (χ1v) is 10.5. The van der Waals surface area contributed by atoms with Gasteiger partial charge in [-0.3, -0.25) is 14.4 Å². The summed E-state index contributed by atoms with van der Waals surface area (Å²) in [5.74, 6) is -2.12. The van der Waals surface area contributed by atoms with E-state index in [2.05, 4.69) is 5.32 Å². The maximum atomic E-state index is 12.8. The van der Waals surface area contributed by atoms with Crippen LogP contribution in [0.25, 0.3) is 0 Å². The number of rotatable bonds is 8. The van der Waals surface area contributed by atoms with E-state index in [1.165, 1.54) is 6.92 Å². The lowest BCUT2D eigenvalue weighted by molar-refractivity contribution is -0.166. The molecule has 7 nitrogen and oxygen atoms in total. The van der Waals surface area contributed by atoms with Crippen molar-refractivity contribution in [3.63, 3.8) is 0 Å². The summed E-state index contributed by atoms with van der Waals surface area (Å²) >= 11 is 6.24. The molecule has 3 unspecified atom stereocenters. The summed E-state index contributed by atoms with van der Waals surface area (Å²) in [7, 11) is 6.76. The van der Waals surface area contributed by atoms with Gasteiger partial charge in [0.05, 0.1) is 4.75 Å². The van der Waals surface area contributed by atoms with E-state index in [1.54, 1.807) is 44.2 Å². The van der Waals surface area contributed by atoms with Crippen LogP contribution in [0.15, 0.2) is 30.3 Å². The first-order chi connectivity index (χ1) is 13.1. The topological polar surface area (TPSA) is 92.8 Å². The molecule has 1 aromatic rings. The number of nitrogens with one attached hydrogen (secondary N) is 1. The van der Waals surface area contributed by atoms with Crippen molar-refractivity contribution in [2.24, 2.45) is 0 Å². The Morgan fingerprint density at radius 2 is 1.89 bits per heavy atom. The highest BCUT2D eigenvalue weighted by Gasteiger charge is 2.56. The van der Waals surface area contributed by atoms with Crippen molar-refractivity contribution in [2.45, 2.75) is 43.1 Å². The van der Waals surface area contributed by atoms with Crippen LogP contribution in [0.3, 0.4) is 0 Å². The number of amides is 2. The van der Waals surface area contributed by atoms with Gasteiger partial charge in [0, 0.05) is 12.5 Å². The molecule has 0 radical (unpaired) electrons. The lowest BCUT2D eigenvalue weighted by atomic mass is 9.95. The third kappa shape index (κ3) is 4.79. The van der Waals surface area contributed by atoms with E-state index in [1.807, 2.05) is 0 Å². The Morgan fingerprint density at radius 3 is 2.39 bits per heavy atom. The van der Waals surface area contributed by atoms with Crippen LogP contribution in [0.4, 0.5) is 0 Å². The fourth-order valence-electron chi connectivity index (χ4n) is 2.79. The molecule has 1 aromatic carbocycles. The number of likely N-dealkylation sites (tertiary alicyclic amines) is 1. The van der Waals surface area contributed by atoms with Crippen LogP contribution in [-0.2, 0) is 19.1 Å². The maximum absolute atomic E-state index is 12.8. The molecule has 152 valence electrons. The van der Waals surface area contributed by atoms with Gasteiger partial charge in [-0.2, -0.15) is 0 Å². The first-order valence-electron chi connectivity index (χ1n) is 8.38. The zero-order chi connectivity index (χ0) is 21.1. The number of esters is 1. The quantitative estimate of drug-likeness (QED) is 0.216. The molecule has 1 aliphatic heterocycles. The number of ether oxygens (including phenoxy) is 1. The Balaban J connectivity index is 2.13. The first kappa shape index (κ1) is 22.5. The van der Waals surface area contributed by atoms with Crippen molar-refractivity contribution in [1.82, 2.24) is 10.2 Å². The molecule has 1 fully saturated rings. The molecule has 10 heteroatoms. The summed E-state index contributed by atoms with van der Waals surface area (Å²) in [6.07, 6.45) is 0. The van der Waals surface area contributed by atoms with Gasteiger partial charge in [-0.15, -0.1) is 0 Å². The average Bonchev–Trinajstić information content (AvgIpc) is 2.68. The Kier molecular flexibility index (Phi) is 7.36. The van der Waals surface area contributed by atoms with Crippen molar-refractivity contribution in [3.05, 3.63) is 35.9 Å². The molecule has 0 bridgehead atoms. The summed E-state index contributed by atoms with van der Waals surface area (Å²) in [6.45, 7) is 4.09. The molecule has 28 heavy (non-hydrogen) atoms. The third-order valence-electron chi connectivity index (χ3n) is 4.22. The summed E-state index contributed by atoms with van der Waals surface area (Å²) < 4.78 is 4.22. The van der Waals surface area contributed by atoms with E-state index < -0.39 is 46.7 Å². The number of alkyl halides is 1. The van der Waals surface area contributed by atoms with Crippen LogP contribution in [0, 0.1) is 0 Å². The number of benzene rings is 1. The summed E-state index contributed by atoms with van der Waals surface area (Å²) in [4.78, 5) is 49.7. The van der Waals surface area contributed by atoms with Gasteiger partial charge in [-0.1, -0.05) is 41.9 Å². The van der Waals surface area contributed by atoms with E-state index in [-0.39, 0.29) is 5.78 Å². The zero-order valence-corrected chi connectivity index (χ0v) is 17.8. The fraction of sp³-hybridized carbons (Fsp3) is 0.444. The van der Waals surface area contributed by atoms with Gasteiger partial charge < -0.3 is 15.0 Å². The van der Waals surface area contributed by atoms with Crippen molar-refractivity contribution in [1.29, 1.82) is 0 Å². The SMILES string of the molecule is CC(=O)NC1C(=O)N(C(C(=O)OCC(=O)c2ccccc2)C(C)(C)SCl)C1Cl. The van der Waals surface area contributed by atoms with Gasteiger partial charge >= 0.3 is 5.97 Å². The fourth-order valence-corrected chi connectivity index (χ4v) is 3.72. The molecule has 1 saturated heterocycles. The lowest BCUT2D eigenvalue weighted by Crippen LogP contribution is -2.74. The molecule has 3 atom stereocenters. The van der Waals surface area contributed by atoms with Gasteiger partial charge in [0.2, 0.25) is 5.91 Å². The van der Waals surface area contributed by atoms with Crippen molar-refractivity contribution in [2.75, 3.05) is 6.61 Å². The molecule has 2 amide bonds. The minimum atomic E-state index is -1.14. The van der Waals surface area contributed by atoms with Crippen LogP contribution >= 0.6 is 33.3 Å². The monoisotopic (exact) mass is 446 g/mol. The molecular formula is C18H20Cl2N2O5S. The summed E-state index contributed by atoms with van der Waals surface area (Å²) in [5.41, 5.74) is -0.541. The van der Waals surface area contributed by atoms with E-state index >= 15 is 0 Å². The number of hydrogen-bond donors (Lipinski definition) is 1. The number of carbonyl (C=O) groups is 4. The van der Waals surface area contributed by atoms with Gasteiger partial charge in [0.1, 0.15) is 17.6 Å². The van der Waals surface area contributed by atoms with E-state index in [0.29, 0.717) is 5.56 Å². The van der Waals surface area contributed by atoms with E-state index in [9.17, 15) is 19.2 Å². The molecule has 0 aliphatic carbocycles. The van der Waals surface area contributed by atoms with Crippen molar-refractivity contribution in [3.8, 4) is 0 Å². The predicted molar refractivity (Wildman–Crippen MR) is 107 cm³/mol. The normalized spacial score (nSPS) is 20.2. The lowest BCUT2D eigenvalue weighted by Gasteiger charge is -2.50. The summed E-state index contributed by atoms with van der Waals surface area (Å²) in [6, 6.07) is 6.31. The van der Waals surface area contributed by atoms with Crippen LogP contribution in [-0.4, -0.2) is 57.4 Å². The predicted octanol–water partition coefficient (Wildman–Crippen LogP) is 2.36. The average molecular weight is 447 g/mol. The number of carbonyl (C=O) groups excluding carboxylic acids is 4. The zero-order valence-electron chi connectivity index (χ0n) is 15.5. The van der Waals surface area contributed by atoms with Gasteiger partial charge in [-0.05, 0) is 35.5 Å². The number of Topliss-reactive ketones (excluding diaryl/α,β-unsaturated/α-hetero) is 1. The van der Waals surface area contributed by atoms with Crippen molar-refractivity contribution < 1.29 is 23.9 Å².